The highest BCUT2D eigenvalue weighted by molar-refractivity contribution is 9.10. The van der Waals surface area contributed by atoms with Gasteiger partial charge in [0.2, 0.25) is 5.88 Å². The molecule has 12 heteroatoms. The van der Waals surface area contributed by atoms with E-state index in [4.69, 9.17) is 4.74 Å². The largest absolute Gasteiger partial charge is 0.477 e. The zero-order chi connectivity index (χ0) is 23.7. The van der Waals surface area contributed by atoms with Crippen LogP contribution in [0.15, 0.2) is 16.6 Å². The van der Waals surface area contributed by atoms with Crippen molar-refractivity contribution in [2.24, 2.45) is 0 Å². The van der Waals surface area contributed by atoms with Crippen LogP contribution < -0.4 is 20.7 Å². The number of aromatic nitrogens is 1. The highest BCUT2D eigenvalue weighted by atomic mass is 79.9. The molecule has 2 aromatic rings. The number of unbranched alkanes of at least 4 members (excludes halogenated alkanes) is 2. The molecule has 0 radical (unpaired) electrons. The summed E-state index contributed by atoms with van der Waals surface area (Å²) >= 11 is 3.68. The predicted octanol–water partition coefficient (Wildman–Crippen LogP) is 4.75. The van der Waals surface area contributed by atoms with Gasteiger partial charge in [-0.15, -0.1) is 0 Å². The topological polar surface area (TPSA) is 113 Å². The van der Waals surface area contributed by atoms with Gasteiger partial charge in [0.25, 0.3) is 0 Å². The van der Waals surface area contributed by atoms with E-state index in [1.807, 2.05) is 0 Å². The van der Waals surface area contributed by atoms with Gasteiger partial charge >= 0.3 is 12.0 Å². The molecule has 1 heterocycles. The lowest BCUT2D eigenvalue weighted by Crippen LogP contribution is -2.30. The first kappa shape index (κ1) is 25.9. The quantitative estimate of drug-likeness (QED) is 0.292. The lowest BCUT2D eigenvalue weighted by molar-refractivity contribution is 0.0693. The number of nitrogens with one attached hydrogen (secondary N) is 3. The summed E-state index contributed by atoms with van der Waals surface area (Å²) in [6.45, 7) is 4.92. The molecule has 0 fully saturated rings. The van der Waals surface area contributed by atoms with Gasteiger partial charge in [-0.05, 0) is 43.1 Å². The van der Waals surface area contributed by atoms with Crippen molar-refractivity contribution in [1.29, 1.82) is 0 Å². The second kappa shape index (κ2) is 12.7. The number of ether oxygens (including phenoxy) is 1. The van der Waals surface area contributed by atoms with Crippen LogP contribution in [0.5, 0.6) is 5.88 Å². The van der Waals surface area contributed by atoms with E-state index in [0.717, 1.165) is 37.9 Å². The van der Waals surface area contributed by atoms with Crippen LogP contribution in [0, 0.1) is 11.6 Å². The first-order valence-electron chi connectivity index (χ1n) is 9.96. The van der Waals surface area contributed by atoms with Gasteiger partial charge in [0.05, 0.1) is 5.56 Å². The molecule has 1 aromatic heterocycles. The highest BCUT2D eigenvalue weighted by Gasteiger charge is 2.24. The Hall–Kier alpha value is -2.31. The predicted molar refractivity (Wildman–Crippen MR) is 121 cm³/mol. The zero-order valence-electron chi connectivity index (χ0n) is 17.6. The lowest BCUT2D eigenvalue weighted by Gasteiger charge is -2.09. The van der Waals surface area contributed by atoms with E-state index < -0.39 is 30.2 Å². The van der Waals surface area contributed by atoms with Gasteiger partial charge in [0, 0.05) is 17.1 Å². The number of aromatic carboxylic acids is 1. The van der Waals surface area contributed by atoms with Gasteiger partial charge in [0.15, 0.2) is 5.56 Å². The van der Waals surface area contributed by atoms with Crippen LogP contribution in [0.3, 0.4) is 0 Å². The third kappa shape index (κ3) is 7.99. The highest BCUT2D eigenvalue weighted by Crippen LogP contribution is 2.31. The summed E-state index contributed by atoms with van der Waals surface area (Å²) in [5.41, 5.74) is -0.753. The Bertz CT molecular complexity index is 919. The molecule has 2 amide bonds. The van der Waals surface area contributed by atoms with Crippen LogP contribution in [0.25, 0.3) is 0 Å². The minimum Gasteiger partial charge on any atom is -0.477 e. The Labute approximate surface area is 197 Å². The summed E-state index contributed by atoms with van der Waals surface area (Å²) in [6, 6.07) is 1.99. The third-order valence-electron chi connectivity index (χ3n) is 4.25. The Morgan fingerprint density at radius 3 is 2.47 bits per heavy atom. The molecule has 176 valence electrons. The smallest absolute Gasteiger partial charge is 0.344 e. The molecular weight excluding hydrogens is 510 g/mol. The fraction of sp³-hybridized carbons (Fsp3) is 0.450. The summed E-state index contributed by atoms with van der Waals surface area (Å²) in [7, 11) is 0. The van der Waals surface area contributed by atoms with Crippen LogP contribution in [-0.4, -0.2) is 40.6 Å². The van der Waals surface area contributed by atoms with E-state index in [0.29, 0.717) is 24.1 Å². The van der Waals surface area contributed by atoms with Crippen molar-refractivity contribution in [1.82, 2.24) is 15.0 Å². The van der Waals surface area contributed by atoms with Crippen molar-refractivity contribution >= 4 is 44.5 Å². The summed E-state index contributed by atoms with van der Waals surface area (Å²) in [4.78, 5) is 23.7. The molecular formula is C20H25BrF2N4O4S. The minimum atomic E-state index is -1.39. The van der Waals surface area contributed by atoms with Gasteiger partial charge < -0.3 is 20.5 Å². The van der Waals surface area contributed by atoms with Gasteiger partial charge in [-0.1, -0.05) is 36.2 Å². The average molecular weight is 535 g/mol. The van der Waals surface area contributed by atoms with Crippen molar-refractivity contribution in [3.05, 3.63) is 39.4 Å². The zero-order valence-corrected chi connectivity index (χ0v) is 20.0. The number of carbonyl (C=O) groups excluding carboxylic acids is 1. The summed E-state index contributed by atoms with van der Waals surface area (Å²) in [5.74, 6) is -3.42. The van der Waals surface area contributed by atoms with Crippen LogP contribution in [0.1, 0.15) is 49.0 Å². The first-order valence-corrected chi connectivity index (χ1v) is 11.5. The summed E-state index contributed by atoms with van der Waals surface area (Å²) < 4.78 is 37.2. The molecule has 0 aliphatic heterocycles. The Morgan fingerprint density at radius 1 is 1.19 bits per heavy atom. The monoisotopic (exact) mass is 534 g/mol. The number of hydrogen-bond donors (Lipinski definition) is 4. The number of rotatable bonds is 12. The second-order valence-corrected chi connectivity index (χ2v) is 8.87. The Morgan fingerprint density at radius 2 is 1.84 bits per heavy atom. The number of carbonyl (C=O) groups is 2. The third-order valence-corrected chi connectivity index (χ3v) is 5.46. The molecule has 0 saturated heterocycles. The molecule has 0 spiro atoms. The number of hydrogen-bond acceptors (Lipinski definition) is 6. The van der Waals surface area contributed by atoms with E-state index in [9.17, 15) is 23.5 Å². The van der Waals surface area contributed by atoms with Crippen LogP contribution >= 0.6 is 27.5 Å². The Balaban J connectivity index is 1.90. The molecule has 0 aliphatic rings. The molecule has 2 rings (SSSR count). The molecule has 0 saturated carbocycles. The van der Waals surface area contributed by atoms with Gasteiger partial charge in [-0.2, -0.15) is 4.37 Å². The average Bonchev–Trinajstić information content (AvgIpc) is 3.08. The number of anilines is 1. The molecule has 32 heavy (non-hydrogen) atoms. The van der Waals surface area contributed by atoms with Gasteiger partial charge in [-0.3, -0.25) is 5.32 Å². The van der Waals surface area contributed by atoms with E-state index >= 15 is 0 Å². The van der Waals surface area contributed by atoms with Crippen LogP contribution in [0.2, 0.25) is 0 Å². The van der Waals surface area contributed by atoms with Gasteiger partial charge in [0.1, 0.15) is 23.2 Å². The van der Waals surface area contributed by atoms with E-state index in [-0.39, 0.29) is 26.5 Å². The summed E-state index contributed by atoms with van der Waals surface area (Å²) in [6.07, 6.45) is 2.70. The standard InChI is InChI=1S/C20H25BrF2N4O4S/c1-11(2)24-6-4-3-5-7-25-20(30)26-18-16(19(28)29)17(27-32-18)31-10-13-14(22)8-12(21)9-15(13)23/h8-9,11,24H,3-7,10H2,1-2H3,(H,28,29)(H2,25,26,30). The molecule has 0 atom stereocenters. The van der Waals surface area contributed by atoms with Crippen molar-refractivity contribution in [2.45, 2.75) is 45.8 Å². The fourth-order valence-electron chi connectivity index (χ4n) is 2.67. The van der Waals surface area contributed by atoms with Crippen molar-refractivity contribution < 1.29 is 28.2 Å². The molecule has 0 bridgehead atoms. The Kier molecular flexibility index (Phi) is 10.3. The maximum Gasteiger partial charge on any atom is 0.344 e. The molecule has 0 unspecified atom stereocenters. The minimum absolute atomic E-state index is 0.0390. The van der Waals surface area contributed by atoms with Gasteiger partial charge in [-0.25, -0.2) is 18.4 Å². The molecule has 4 N–H and O–H groups in total. The number of nitrogens with zero attached hydrogens (tertiary/aromatic N) is 1. The SMILES string of the molecule is CC(C)NCCCCCNC(=O)Nc1snc(OCc2c(F)cc(Br)cc2F)c1C(=O)O. The fourth-order valence-corrected chi connectivity index (χ4v) is 3.79. The molecule has 1 aromatic carbocycles. The normalized spacial score (nSPS) is 10.9. The van der Waals surface area contributed by atoms with E-state index in [1.165, 1.54) is 0 Å². The first-order chi connectivity index (χ1) is 15.2. The number of carboxylic acids is 1. The molecule has 8 nitrogen and oxygen atoms in total. The van der Waals surface area contributed by atoms with Crippen molar-refractivity contribution in [3.8, 4) is 5.88 Å². The number of carboxylic acid groups (broad SMARTS) is 1. The molecule has 0 aliphatic carbocycles. The maximum absolute atomic E-state index is 13.9. The number of urea groups is 1. The van der Waals surface area contributed by atoms with E-state index in [1.54, 1.807) is 0 Å². The number of amides is 2. The number of halogens is 3. The second-order valence-electron chi connectivity index (χ2n) is 7.18. The van der Waals surface area contributed by atoms with Crippen LogP contribution in [-0.2, 0) is 6.61 Å². The summed E-state index contributed by atoms with van der Waals surface area (Å²) in [5, 5.41) is 17.8. The van der Waals surface area contributed by atoms with Crippen molar-refractivity contribution in [3.63, 3.8) is 0 Å². The van der Waals surface area contributed by atoms with Crippen LogP contribution in [0.4, 0.5) is 18.6 Å². The number of benzene rings is 1. The van der Waals surface area contributed by atoms with Crippen molar-refractivity contribution in [2.75, 3.05) is 18.4 Å². The van der Waals surface area contributed by atoms with E-state index in [2.05, 4.69) is 50.1 Å². The lowest BCUT2D eigenvalue weighted by atomic mass is 10.2. The maximum atomic E-state index is 13.9.